The minimum absolute atomic E-state index is 0.0417. The van der Waals surface area contributed by atoms with Crippen LogP contribution in [-0.2, 0) is 4.74 Å². The summed E-state index contributed by atoms with van der Waals surface area (Å²) in [7, 11) is 0. The van der Waals surface area contributed by atoms with E-state index < -0.39 is 0 Å². The van der Waals surface area contributed by atoms with Crippen molar-refractivity contribution in [3.05, 3.63) is 60.2 Å². The minimum atomic E-state index is -0.190. The van der Waals surface area contributed by atoms with Crippen LogP contribution in [0.15, 0.2) is 54.6 Å². The van der Waals surface area contributed by atoms with Crippen molar-refractivity contribution in [3.63, 3.8) is 0 Å². The molecule has 0 unspecified atom stereocenters. The number of hydrogen-bond donors (Lipinski definition) is 1. The lowest BCUT2D eigenvalue weighted by Crippen LogP contribution is -2.41. The first-order valence-electron chi connectivity index (χ1n) is 8.85. The summed E-state index contributed by atoms with van der Waals surface area (Å²) in [6, 6.07) is 17.9. The van der Waals surface area contributed by atoms with E-state index in [4.69, 9.17) is 4.74 Å². The molecule has 0 bridgehead atoms. The highest BCUT2D eigenvalue weighted by atomic mass is 16.5. The molecule has 2 fully saturated rings. The molecule has 4 nitrogen and oxygen atoms in total. The summed E-state index contributed by atoms with van der Waals surface area (Å²) in [5.41, 5.74) is 2.66. The van der Waals surface area contributed by atoms with Gasteiger partial charge in [0.25, 0.3) is 5.91 Å². The molecule has 0 radical (unpaired) electrons. The molecule has 2 atom stereocenters. The van der Waals surface area contributed by atoms with Crippen LogP contribution in [0.4, 0.5) is 0 Å². The molecule has 2 aromatic carbocycles. The smallest absolute Gasteiger partial charge is 0.253 e. The van der Waals surface area contributed by atoms with Crippen molar-refractivity contribution in [1.29, 1.82) is 0 Å². The van der Waals surface area contributed by atoms with Crippen molar-refractivity contribution in [2.75, 3.05) is 32.9 Å². The SMILES string of the molecule is O=C(c1cccc(-c2ccccc2)c1)N1C[C@@H]2COCC[C@]2(CO)C1. The van der Waals surface area contributed by atoms with Crippen molar-refractivity contribution < 1.29 is 14.6 Å². The van der Waals surface area contributed by atoms with Crippen molar-refractivity contribution >= 4 is 5.91 Å². The number of amides is 1. The molecule has 1 N–H and O–H groups in total. The molecule has 4 heteroatoms. The Balaban J connectivity index is 1.58. The second-order valence-corrected chi connectivity index (χ2v) is 7.17. The van der Waals surface area contributed by atoms with Crippen LogP contribution in [-0.4, -0.2) is 48.8 Å². The van der Waals surface area contributed by atoms with Gasteiger partial charge in [-0.05, 0) is 29.7 Å². The van der Waals surface area contributed by atoms with E-state index in [-0.39, 0.29) is 23.8 Å². The van der Waals surface area contributed by atoms with Gasteiger partial charge in [-0.1, -0.05) is 42.5 Å². The van der Waals surface area contributed by atoms with Gasteiger partial charge in [0.15, 0.2) is 0 Å². The third-order valence-electron chi connectivity index (χ3n) is 5.69. The number of ether oxygens (including phenoxy) is 1. The molecular weight excluding hydrogens is 314 g/mol. The van der Waals surface area contributed by atoms with Crippen LogP contribution in [0.1, 0.15) is 16.8 Å². The average Bonchev–Trinajstić information content (AvgIpc) is 3.08. The molecule has 2 heterocycles. The van der Waals surface area contributed by atoms with Gasteiger partial charge in [0.05, 0.1) is 13.2 Å². The Morgan fingerprint density at radius 1 is 1.16 bits per heavy atom. The van der Waals surface area contributed by atoms with E-state index in [0.717, 1.165) is 17.5 Å². The minimum Gasteiger partial charge on any atom is -0.396 e. The van der Waals surface area contributed by atoms with Gasteiger partial charge in [-0.3, -0.25) is 4.79 Å². The summed E-state index contributed by atoms with van der Waals surface area (Å²) in [5, 5.41) is 9.92. The van der Waals surface area contributed by atoms with Gasteiger partial charge in [0.1, 0.15) is 0 Å². The van der Waals surface area contributed by atoms with Gasteiger partial charge in [-0.2, -0.15) is 0 Å². The Kier molecular flexibility index (Phi) is 4.32. The highest BCUT2D eigenvalue weighted by Crippen LogP contribution is 2.42. The highest BCUT2D eigenvalue weighted by Gasteiger charge is 2.49. The third kappa shape index (κ3) is 2.96. The number of benzene rings is 2. The molecule has 2 aliphatic heterocycles. The molecule has 1 amide bonds. The van der Waals surface area contributed by atoms with Crippen LogP contribution in [0.3, 0.4) is 0 Å². The predicted octanol–water partition coefficient (Wildman–Crippen LogP) is 2.82. The number of fused-ring (bicyclic) bond motifs is 1. The van der Waals surface area contributed by atoms with Crippen LogP contribution in [0.5, 0.6) is 0 Å². The molecule has 0 spiro atoms. The first kappa shape index (κ1) is 16.3. The van der Waals surface area contributed by atoms with Crippen molar-refractivity contribution in [3.8, 4) is 11.1 Å². The second kappa shape index (κ2) is 6.62. The van der Waals surface area contributed by atoms with Crippen LogP contribution in [0.2, 0.25) is 0 Å². The second-order valence-electron chi connectivity index (χ2n) is 7.17. The lowest BCUT2D eigenvalue weighted by atomic mass is 9.75. The number of aliphatic hydroxyl groups excluding tert-OH is 1. The fraction of sp³-hybridized carbons (Fsp3) is 0.381. The molecule has 25 heavy (non-hydrogen) atoms. The largest absolute Gasteiger partial charge is 0.396 e. The molecular formula is C21H23NO3. The predicted molar refractivity (Wildman–Crippen MR) is 96.2 cm³/mol. The zero-order valence-electron chi connectivity index (χ0n) is 14.2. The molecule has 0 saturated carbocycles. The molecule has 4 rings (SSSR count). The van der Waals surface area contributed by atoms with E-state index in [1.54, 1.807) is 0 Å². The first-order chi connectivity index (χ1) is 12.2. The van der Waals surface area contributed by atoms with Gasteiger partial charge in [-0.15, -0.1) is 0 Å². The molecule has 2 aliphatic rings. The van der Waals surface area contributed by atoms with Gasteiger partial charge in [-0.25, -0.2) is 0 Å². The van der Waals surface area contributed by atoms with Crippen LogP contribution < -0.4 is 0 Å². The quantitative estimate of drug-likeness (QED) is 0.937. The summed E-state index contributed by atoms with van der Waals surface area (Å²) in [6.45, 7) is 2.70. The van der Waals surface area contributed by atoms with Gasteiger partial charge in [0, 0.05) is 36.6 Å². The summed E-state index contributed by atoms with van der Waals surface area (Å²) >= 11 is 0. The maximum absolute atomic E-state index is 13.0. The topological polar surface area (TPSA) is 49.8 Å². The van der Waals surface area contributed by atoms with E-state index in [9.17, 15) is 9.90 Å². The van der Waals surface area contributed by atoms with E-state index >= 15 is 0 Å². The van der Waals surface area contributed by atoms with Crippen molar-refractivity contribution in [2.45, 2.75) is 6.42 Å². The Hall–Kier alpha value is -2.17. The lowest BCUT2D eigenvalue weighted by molar-refractivity contribution is -0.0415. The van der Waals surface area contributed by atoms with Gasteiger partial charge >= 0.3 is 0 Å². The van der Waals surface area contributed by atoms with E-state index in [2.05, 4.69) is 0 Å². The van der Waals surface area contributed by atoms with Gasteiger partial charge in [0.2, 0.25) is 0 Å². The van der Waals surface area contributed by atoms with E-state index in [1.807, 2.05) is 59.5 Å². The summed E-state index contributed by atoms with van der Waals surface area (Å²) in [4.78, 5) is 14.9. The number of aliphatic hydroxyl groups is 1. The first-order valence-corrected chi connectivity index (χ1v) is 8.85. The molecule has 130 valence electrons. The van der Waals surface area contributed by atoms with Crippen molar-refractivity contribution in [1.82, 2.24) is 4.90 Å². The van der Waals surface area contributed by atoms with Crippen molar-refractivity contribution in [2.24, 2.45) is 11.3 Å². The van der Waals surface area contributed by atoms with Crippen LogP contribution >= 0.6 is 0 Å². The van der Waals surface area contributed by atoms with Crippen LogP contribution in [0, 0.1) is 11.3 Å². The molecule has 2 saturated heterocycles. The fourth-order valence-corrected chi connectivity index (χ4v) is 4.10. The number of carbonyl (C=O) groups excluding carboxylic acids is 1. The van der Waals surface area contributed by atoms with Gasteiger partial charge < -0.3 is 14.7 Å². The number of likely N-dealkylation sites (tertiary alicyclic amines) is 1. The monoisotopic (exact) mass is 337 g/mol. The Labute approximate surface area is 148 Å². The van der Waals surface area contributed by atoms with E-state index in [1.165, 1.54) is 0 Å². The summed E-state index contributed by atoms with van der Waals surface area (Å²) < 4.78 is 5.57. The molecule has 0 aliphatic carbocycles. The molecule has 0 aromatic heterocycles. The molecule has 2 aromatic rings. The normalized spacial score (nSPS) is 25.6. The number of hydrogen-bond acceptors (Lipinski definition) is 3. The Morgan fingerprint density at radius 3 is 2.72 bits per heavy atom. The third-order valence-corrected chi connectivity index (χ3v) is 5.69. The fourth-order valence-electron chi connectivity index (χ4n) is 4.10. The highest BCUT2D eigenvalue weighted by molar-refractivity contribution is 5.95. The summed E-state index contributed by atoms with van der Waals surface area (Å²) in [5.74, 6) is 0.271. The van der Waals surface area contributed by atoms with Crippen LogP contribution in [0.25, 0.3) is 11.1 Å². The Morgan fingerprint density at radius 2 is 1.96 bits per heavy atom. The lowest BCUT2D eigenvalue weighted by Gasteiger charge is -2.36. The zero-order chi connectivity index (χ0) is 17.3. The number of carbonyl (C=O) groups is 1. The number of rotatable bonds is 3. The standard InChI is InChI=1S/C21H23NO3/c23-15-21-9-10-25-13-19(21)12-22(14-21)20(24)18-8-4-7-17(11-18)16-5-2-1-3-6-16/h1-8,11,19,23H,9-10,12-15H2/t19-,21-/m1/s1. The Bertz CT molecular complexity index is 761. The average molecular weight is 337 g/mol. The maximum atomic E-state index is 13.0. The van der Waals surface area contributed by atoms with E-state index in [0.29, 0.717) is 31.9 Å². The zero-order valence-corrected chi connectivity index (χ0v) is 14.2. The number of nitrogens with zero attached hydrogens (tertiary/aromatic N) is 1. The maximum Gasteiger partial charge on any atom is 0.253 e. The summed E-state index contributed by atoms with van der Waals surface area (Å²) in [6.07, 6.45) is 0.821.